The summed E-state index contributed by atoms with van der Waals surface area (Å²) in [7, 11) is 0. The van der Waals surface area contributed by atoms with Gasteiger partial charge < -0.3 is 10.3 Å². The van der Waals surface area contributed by atoms with Crippen molar-refractivity contribution in [3.63, 3.8) is 0 Å². The molecule has 1 amide bonds. The number of hydrogen-bond donors (Lipinski definition) is 2. The van der Waals surface area contributed by atoms with Crippen LogP contribution in [0.4, 0.5) is 0 Å². The minimum Gasteiger partial charge on any atom is -0.358 e. The molecular formula is C17H16N2O. The normalized spacial score (nSPS) is 10.6. The van der Waals surface area contributed by atoms with Crippen LogP contribution in [0.1, 0.15) is 16.1 Å². The first-order valence-corrected chi connectivity index (χ1v) is 6.73. The predicted molar refractivity (Wildman–Crippen MR) is 80.8 cm³/mol. The molecule has 0 aliphatic carbocycles. The second kappa shape index (κ2) is 5.61. The molecule has 0 aliphatic rings. The number of para-hydroxylation sites is 1. The molecule has 1 aromatic heterocycles. The standard InChI is InChI=1S/C17H16N2O/c20-17(13-6-2-1-3-7-13)18-11-10-15-12-14-8-4-5-9-16(14)19-15/h1-9,12,19H,10-11H2,(H,18,20). The fourth-order valence-corrected chi connectivity index (χ4v) is 2.27. The van der Waals surface area contributed by atoms with Gasteiger partial charge in [0.1, 0.15) is 0 Å². The topological polar surface area (TPSA) is 44.9 Å². The molecule has 3 aromatic rings. The van der Waals surface area contributed by atoms with Crippen LogP contribution < -0.4 is 5.32 Å². The van der Waals surface area contributed by atoms with Gasteiger partial charge in [-0.15, -0.1) is 0 Å². The van der Waals surface area contributed by atoms with Gasteiger partial charge in [0.15, 0.2) is 0 Å². The summed E-state index contributed by atoms with van der Waals surface area (Å²) in [5.74, 6) is -0.0262. The Morgan fingerprint density at radius 3 is 2.55 bits per heavy atom. The maximum atomic E-state index is 11.9. The number of rotatable bonds is 4. The average Bonchev–Trinajstić information content (AvgIpc) is 2.90. The van der Waals surface area contributed by atoms with E-state index in [0.29, 0.717) is 12.1 Å². The van der Waals surface area contributed by atoms with Crippen LogP contribution in [0.5, 0.6) is 0 Å². The third kappa shape index (κ3) is 2.72. The van der Waals surface area contributed by atoms with Gasteiger partial charge in [-0.05, 0) is 29.7 Å². The van der Waals surface area contributed by atoms with Crippen molar-refractivity contribution in [3.8, 4) is 0 Å². The minimum atomic E-state index is -0.0262. The lowest BCUT2D eigenvalue weighted by atomic mass is 10.2. The van der Waals surface area contributed by atoms with Gasteiger partial charge in [-0.25, -0.2) is 0 Å². The van der Waals surface area contributed by atoms with Gasteiger partial charge in [0, 0.05) is 29.7 Å². The zero-order chi connectivity index (χ0) is 13.8. The molecule has 0 saturated carbocycles. The first kappa shape index (κ1) is 12.5. The van der Waals surface area contributed by atoms with Crippen molar-refractivity contribution >= 4 is 16.8 Å². The third-order valence-corrected chi connectivity index (χ3v) is 3.30. The lowest BCUT2D eigenvalue weighted by Crippen LogP contribution is -2.25. The number of amides is 1. The number of nitrogens with one attached hydrogen (secondary N) is 2. The van der Waals surface area contributed by atoms with Gasteiger partial charge in [0.05, 0.1) is 0 Å². The smallest absolute Gasteiger partial charge is 0.251 e. The van der Waals surface area contributed by atoms with E-state index in [2.05, 4.69) is 28.5 Å². The largest absolute Gasteiger partial charge is 0.358 e. The number of carbonyl (C=O) groups is 1. The molecule has 3 heteroatoms. The first-order chi connectivity index (χ1) is 9.83. The highest BCUT2D eigenvalue weighted by atomic mass is 16.1. The highest BCUT2D eigenvalue weighted by Crippen LogP contribution is 2.14. The van der Waals surface area contributed by atoms with Crippen LogP contribution in [0.15, 0.2) is 60.7 Å². The van der Waals surface area contributed by atoms with Gasteiger partial charge in [-0.1, -0.05) is 36.4 Å². The van der Waals surface area contributed by atoms with Crippen LogP contribution in [0.25, 0.3) is 10.9 Å². The summed E-state index contributed by atoms with van der Waals surface area (Å²) < 4.78 is 0. The van der Waals surface area contributed by atoms with Gasteiger partial charge in [0.25, 0.3) is 5.91 Å². The highest BCUT2D eigenvalue weighted by Gasteiger charge is 2.04. The summed E-state index contributed by atoms with van der Waals surface area (Å²) in [6.07, 6.45) is 0.799. The van der Waals surface area contributed by atoms with E-state index in [1.165, 1.54) is 5.39 Å². The summed E-state index contributed by atoms with van der Waals surface area (Å²) in [5, 5.41) is 4.14. The molecule has 0 atom stereocenters. The van der Waals surface area contributed by atoms with Gasteiger partial charge in [0.2, 0.25) is 0 Å². The van der Waals surface area contributed by atoms with E-state index in [1.807, 2.05) is 42.5 Å². The second-order valence-electron chi connectivity index (χ2n) is 4.75. The van der Waals surface area contributed by atoms with E-state index in [9.17, 15) is 4.79 Å². The molecule has 0 radical (unpaired) electrons. The quantitative estimate of drug-likeness (QED) is 0.747. The van der Waals surface area contributed by atoms with Crippen molar-refractivity contribution in [2.24, 2.45) is 0 Å². The maximum absolute atomic E-state index is 11.9. The van der Waals surface area contributed by atoms with E-state index < -0.39 is 0 Å². The third-order valence-electron chi connectivity index (χ3n) is 3.30. The number of carbonyl (C=O) groups excluding carboxylic acids is 1. The molecule has 3 nitrogen and oxygen atoms in total. The van der Waals surface area contributed by atoms with E-state index in [-0.39, 0.29) is 5.91 Å². The Kier molecular flexibility index (Phi) is 3.50. The van der Waals surface area contributed by atoms with Crippen LogP contribution in [0.2, 0.25) is 0 Å². The summed E-state index contributed by atoms with van der Waals surface area (Å²) in [4.78, 5) is 15.2. The number of benzene rings is 2. The van der Waals surface area contributed by atoms with Crippen molar-refractivity contribution in [1.82, 2.24) is 10.3 Å². The van der Waals surface area contributed by atoms with Crippen molar-refractivity contribution < 1.29 is 4.79 Å². The number of H-pyrrole nitrogens is 1. The van der Waals surface area contributed by atoms with E-state index in [1.54, 1.807) is 0 Å². The van der Waals surface area contributed by atoms with Crippen LogP contribution in [0, 0.1) is 0 Å². The van der Waals surface area contributed by atoms with Gasteiger partial charge in [-0.2, -0.15) is 0 Å². The Balaban J connectivity index is 1.58. The summed E-state index contributed by atoms with van der Waals surface area (Å²) in [6, 6.07) is 19.6. The fourth-order valence-electron chi connectivity index (χ4n) is 2.27. The van der Waals surface area contributed by atoms with Crippen LogP contribution in [0.3, 0.4) is 0 Å². The Labute approximate surface area is 117 Å². The molecule has 100 valence electrons. The summed E-state index contributed by atoms with van der Waals surface area (Å²) in [5.41, 5.74) is 2.97. The van der Waals surface area contributed by atoms with Crippen LogP contribution in [-0.2, 0) is 6.42 Å². The number of aromatic amines is 1. The number of fused-ring (bicyclic) bond motifs is 1. The molecular weight excluding hydrogens is 248 g/mol. The van der Waals surface area contributed by atoms with Crippen molar-refractivity contribution in [3.05, 3.63) is 71.9 Å². The molecule has 0 unspecified atom stereocenters. The molecule has 1 heterocycles. The number of hydrogen-bond acceptors (Lipinski definition) is 1. The van der Waals surface area contributed by atoms with Crippen molar-refractivity contribution in [1.29, 1.82) is 0 Å². The molecule has 2 N–H and O–H groups in total. The van der Waals surface area contributed by atoms with Crippen molar-refractivity contribution in [2.45, 2.75) is 6.42 Å². The van der Waals surface area contributed by atoms with E-state index in [0.717, 1.165) is 17.6 Å². The SMILES string of the molecule is O=C(NCCc1cc2ccccc2[nH]1)c1ccccc1. The monoisotopic (exact) mass is 264 g/mol. The summed E-state index contributed by atoms with van der Waals surface area (Å²) in [6.45, 7) is 0.626. The molecule has 0 spiro atoms. The highest BCUT2D eigenvalue weighted by molar-refractivity contribution is 5.94. The van der Waals surface area contributed by atoms with Crippen molar-refractivity contribution in [2.75, 3.05) is 6.54 Å². The molecule has 3 rings (SSSR count). The molecule has 0 bridgehead atoms. The second-order valence-corrected chi connectivity index (χ2v) is 4.75. The van der Waals surface area contributed by atoms with Gasteiger partial charge in [-0.3, -0.25) is 4.79 Å². The van der Waals surface area contributed by atoms with E-state index in [4.69, 9.17) is 0 Å². The van der Waals surface area contributed by atoms with Crippen LogP contribution in [-0.4, -0.2) is 17.4 Å². The molecule has 20 heavy (non-hydrogen) atoms. The Morgan fingerprint density at radius 2 is 1.75 bits per heavy atom. The summed E-state index contributed by atoms with van der Waals surface area (Å²) >= 11 is 0. The first-order valence-electron chi connectivity index (χ1n) is 6.73. The maximum Gasteiger partial charge on any atom is 0.251 e. The molecule has 0 saturated heterocycles. The Morgan fingerprint density at radius 1 is 1.00 bits per heavy atom. The minimum absolute atomic E-state index is 0.0262. The zero-order valence-corrected chi connectivity index (χ0v) is 11.1. The van der Waals surface area contributed by atoms with Crippen LogP contribution >= 0.6 is 0 Å². The molecule has 0 fully saturated rings. The molecule has 2 aromatic carbocycles. The predicted octanol–water partition coefficient (Wildman–Crippen LogP) is 3.14. The fraction of sp³-hybridized carbons (Fsp3) is 0.118. The van der Waals surface area contributed by atoms with Gasteiger partial charge >= 0.3 is 0 Å². The van der Waals surface area contributed by atoms with E-state index >= 15 is 0 Å². The Hall–Kier alpha value is -2.55. The molecule has 0 aliphatic heterocycles. The lowest BCUT2D eigenvalue weighted by molar-refractivity contribution is 0.0954. The zero-order valence-electron chi connectivity index (χ0n) is 11.1. The Bertz CT molecular complexity index is 683. The average molecular weight is 264 g/mol. The lowest BCUT2D eigenvalue weighted by Gasteiger charge is -2.03. The number of aromatic nitrogens is 1.